The van der Waals surface area contributed by atoms with Gasteiger partial charge in [0.25, 0.3) is 0 Å². The zero-order valence-electron chi connectivity index (χ0n) is 20.3. The summed E-state index contributed by atoms with van der Waals surface area (Å²) >= 11 is 0. The maximum absolute atomic E-state index is 13.6. The molecule has 0 aliphatic rings. The molecule has 176 valence electrons. The Hall–Kier alpha value is -3.58. The van der Waals surface area contributed by atoms with Crippen molar-refractivity contribution in [2.75, 3.05) is 5.32 Å². The predicted octanol–water partition coefficient (Wildman–Crippen LogP) is 4.75. The average Bonchev–Trinajstić information content (AvgIpc) is 3.26. The zero-order chi connectivity index (χ0) is 24.5. The molecule has 1 atom stereocenters. The number of aliphatic hydroxyl groups is 1. The van der Waals surface area contributed by atoms with Gasteiger partial charge in [-0.2, -0.15) is 0 Å². The number of pyridine rings is 1. The van der Waals surface area contributed by atoms with Crippen molar-refractivity contribution in [2.24, 2.45) is 5.41 Å². The van der Waals surface area contributed by atoms with Crippen molar-refractivity contribution in [3.8, 4) is 0 Å². The molecule has 4 aromatic rings. The van der Waals surface area contributed by atoms with Crippen molar-refractivity contribution < 1.29 is 9.90 Å². The predicted molar refractivity (Wildman–Crippen MR) is 134 cm³/mol. The highest BCUT2D eigenvalue weighted by atomic mass is 16.3. The molecular formula is C27H31N5O2. The molecule has 2 aromatic carbocycles. The highest BCUT2D eigenvalue weighted by Crippen LogP contribution is 2.44. The SMILES string of the molecule is CCn1nnc2c(C)c(C(c3ccc(C)c(CO)c3)C(C)(C)C(=O)Nc3cccnc3)ccc21. The molecular weight excluding hydrogens is 426 g/mol. The molecule has 0 fully saturated rings. The number of nitrogens with zero attached hydrogens (tertiary/aromatic N) is 4. The van der Waals surface area contributed by atoms with Crippen molar-refractivity contribution in [3.63, 3.8) is 0 Å². The second-order valence-corrected chi connectivity index (χ2v) is 9.25. The maximum atomic E-state index is 13.6. The van der Waals surface area contributed by atoms with E-state index in [1.807, 2.05) is 69.6 Å². The molecule has 7 nitrogen and oxygen atoms in total. The van der Waals surface area contributed by atoms with Crippen LogP contribution in [0.1, 0.15) is 54.5 Å². The summed E-state index contributed by atoms with van der Waals surface area (Å²) in [5.41, 5.74) is 6.45. The summed E-state index contributed by atoms with van der Waals surface area (Å²) in [4.78, 5) is 17.8. The quantitative estimate of drug-likeness (QED) is 0.418. The molecule has 0 saturated carbocycles. The molecule has 1 amide bonds. The standard InChI is InChI=1S/C27H31N5O2/c1-6-32-23-12-11-22(18(3)25(23)30-31-32)24(19-10-9-17(2)20(14-19)16-33)27(4,5)26(34)29-21-8-7-13-28-15-21/h7-15,24,33H,6,16H2,1-5H3,(H,29,34). The molecule has 2 heterocycles. The van der Waals surface area contributed by atoms with E-state index in [-0.39, 0.29) is 18.4 Å². The highest BCUT2D eigenvalue weighted by Gasteiger charge is 2.40. The number of aryl methyl sites for hydroxylation is 3. The van der Waals surface area contributed by atoms with Gasteiger partial charge in [0.1, 0.15) is 5.52 Å². The van der Waals surface area contributed by atoms with Crippen molar-refractivity contribution in [1.29, 1.82) is 0 Å². The topological polar surface area (TPSA) is 92.9 Å². The van der Waals surface area contributed by atoms with E-state index in [2.05, 4.69) is 26.7 Å². The fraction of sp³-hybridized carbons (Fsp3) is 0.333. The number of rotatable bonds is 7. The molecule has 7 heteroatoms. The van der Waals surface area contributed by atoms with Gasteiger partial charge in [-0.25, -0.2) is 4.68 Å². The van der Waals surface area contributed by atoms with E-state index in [4.69, 9.17) is 0 Å². The summed E-state index contributed by atoms with van der Waals surface area (Å²) in [5, 5.41) is 21.7. The molecule has 0 saturated heterocycles. The second kappa shape index (κ2) is 9.35. The Balaban J connectivity index is 1.88. The number of fused-ring (bicyclic) bond motifs is 1. The van der Waals surface area contributed by atoms with Crippen LogP contribution in [0, 0.1) is 19.3 Å². The van der Waals surface area contributed by atoms with Crippen LogP contribution in [-0.4, -0.2) is 31.0 Å². The number of benzene rings is 2. The van der Waals surface area contributed by atoms with E-state index in [0.29, 0.717) is 5.69 Å². The van der Waals surface area contributed by atoms with Gasteiger partial charge in [0.15, 0.2) is 0 Å². The largest absolute Gasteiger partial charge is 0.392 e. The Morgan fingerprint density at radius 1 is 1.18 bits per heavy atom. The Kier molecular flexibility index (Phi) is 6.48. The summed E-state index contributed by atoms with van der Waals surface area (Å²) in [6.07, 6.45) is 3.31. The minimum Gasteiger partial charge on any atom is -0.392 e. The number of carbonyl (C=O) groups is 1. The third-order valence-corrected chi connectivity index (χ3v) is 6.70. The third-order valence-electron chi connectivity index (χ3n) is 6.70. The first-order chi connectivity index (χ1) is 16.3. The molecule has 4 rings (SSSR count). The minimum atomic E-state index is -0.836. The summed E-state index contributed by atoms with van der Waals surface area (Å²) < 4.78 is 1.87. The minimum absolute atomic E-state index is 0.0580. The van der Waals surface area contributed by atoms with Gasteiger partial charge in [-0.05, 0) is 66.8 Å². The van der Waals surface area contributed by atoms with Crippen molar-refractivity contribution in [3.05, 3.63) is 82.7 Å². The van der Waals surface area contributed by atoms with E-state index in [9.17, 15) is 9.90 Å². The van der Waals surface area contributed by atoms with Gasteiger partial charge < -0.3 is 10.4 Å². The van der Waals surface area contributed by atoms with Gasteiger partial charge in [-0.15, -0.1) is 5.10 Å². The molecule has 34 heavy (non-hydrogen) atoms. The number of anilines is 1. The second-order valence-electron chi connectivity index (χ2n) is 9.25. The third kappa shape index (κ3) is 4.19. The van der Waals surface area contributed by atoms with E-state index >= 15 is 0 Å². The van der Waals surface area contributed by atoms with Crippen LogP contribution >= 0.6 is 0 Å². The van der Waals surface area contributed by atoms with E-state index < -0.39 is 5.41 Å². The molecule has 2 N–H and O–H groups in total. The molecule has 0 aliphatic heterocycles. The number of amides is 1. The zero-order valence-corrected chi connectivity index (χ0v) is 20.3. The summed E-state index contributed by atoms with van der Waals surface area (Å²) in [7, 11) is 0. The monoisotopic (exact) mass is 457 g/mol. The molecule has 0 bridgehead atoms. The number of nitrogens with one attached hydrogen (secondary N) is 1. The summed E-state index contributed by atoms with van der Waals surface area (Å²) in [5.74, 6) is -0.403. The van der Waals surface area contributed by atoms with Crippen LogP contribution < -0.4 is 5.32 Å². The Morgan fingerprint density at radius 2 is 1.97 bits per heavy atom. The van der Waals surface area contributed by atoms with Gasteiger partial charge in [0.2, 0.25) is 5.91 Å². The lowest BCUT2D eigenvalue weighted by Crippen LogP contribution is -2.37. The van der Waals surface area contributed by atoms with Crippen LogP contribution in [0.25, 0.3) is 11.0 Å². The van der Waals surface area contributed by atoms with E-state index in [1.54, 1.807) is 18.5 Å². The number of aromatic nitrogens is 4. The number of hydrogen-bond donors (Lipinski definition) is 2. The van der Waals surface area contributed by atoms with E-state index in [0.717, 1.165) is 45.4 Å². The van der Waals surface area contributed by atoms with Crippen LogP contribution in [-0.2, 0) is 17.9 Å². The van der Waals surface area contributed by atoms with Crippen LogP contribution in [0.4, 0.5) is 5.69 Å². The molecule has 2 aromatic heterocycles. The molecule has 0 aliphatic carbocycles. The van der Waals surface area contributed by atoms with Crippen LogP contribution in [0.3, 0.4) is 0 Å². The van der Waals surface area contributed by atoms with Gasteiger partial charge in [0.05, 0.1) is 29.4 Å². The lowest BCUT2D eigenvalue weighted by molar-refractivity contribution is -0.124. The summed E-state index contributed by atoms with van der Waals surface area (Å²) in [6.45, 7) is 10.6. The first-order valence-corrected chi connectivity index (χ1v) is 11.5. The smallest absolute Gasteiger partial charge is 0.231 e. The highest BCUT2D eigenvalue weighted by molar-refractivity contribution is 5.96. The fourth-order valence-electron chi connectivity index (χ4n) is 4.62. The lowest BCUT2D eigenvalue weighted by atomic mass is 9.69. The van der Waals surface area contributed by atoms with Crippen molar-refractivity contribution >= 4 is 22.6 Å². The van der Waals surface area contributed by atoms with Crippen molar-refractivity contribution in [1.82, 2.24) is 20.0 Å². The Morgan fingerprint density at radius 3 is 2.65 bits per heavy atom. The maximum Gasteiger partial charge on any atom is 0.231 e. The van der Waals surface area contributed by atoms with Crippen molar-refractivity contribution in [2.45, 2.75) is 53.7 Å². The Labute approximate surface area is 199 Å². The van der Waals surface area contributed by atoms with Crippen LogP contribution in [0.15, 0.2) is 54.9 Å². The first kappa shape index (κ1) is 23.6. The average molecular weight is 458 g/mol. The van der Waals surface area contributed by atoms with Gasteiger partial charge >= 0.3 is 0 Å². The number of aliphatic hydroxyl groups excluding tert-OH is 1. The van der Waals surface area contributed by atoms with Crippen LogP contribution in [0.2, 0.25) is 0 Å². The summed E-state index contributed by atoms with van der Waals surface area (Å²) in [6, 6.07) is 13.8. The number of carbonyl (C=O) groups excluding carboxylic acids is 1. The van der Waals surface area contributed by atoms with Gasteiger partial charge in [0, 0.05) is 18.7 Å². The number of hydrogen-bond acceptors (Lipinski definition) is 5. The Bertz CT molecular complexity index is 1330. The lowest BCUT2D eigenvalue weighted by Gasteiger charge is -2.35. The first-order valence-electron chi connectivity index (χ1n) is 11.5. The molecule has 0 spiro atoms. The fourth-order valence-corrected chi connectivity index (χ4v) is 4.62. The molecule has 0 radical (unpaired) electrons. The normalized spacial score (nSPS) is 12.6. The van der Waals surface area contributed by atoms with Gasteiger partial charge in [-0.1, -0.05) is 43.3 Å². The van der Waals surface area contributed by atoms with Crippen LogP contribution in [0.5, 0.6) is 0 Å². The van der Waals surface area contributed by atoms with Gasteiger partial charge in [-0.3, -0.25) is 9.78 Å². The molecule has 1 unspecified atom stereocenters. The van der Waals surface area contributed by atoms with E-state index in [1.165, 1.54) is 0 Å².